The van der Waals surface area contributed by atoms with Gasteiger partial charge in [0.2, 0.25) is 0 Å². The van der Waals surface area contributed by atoms with E-state index in [0.29, 0.717) is 6.04 Å². The Bertz CT molecular complexity index is 280. The third-order valence-electron chi connectivity index (χ3n) is 3.22. The summed E-state index contributed by atoms with van der Waals surface area (Å²) in [5, 5.41) is 0. The van der Waals surface area contributed by atoms with E-state index in [1.165, 1.54) is 43.2 Å². The average Bonchev–Trinajstić information content (AvgIpc) is 2.33. The minimum Gasteiger partial charge on any atom is -0.302 e. The number of hydrogen-bond donors (Lipinski definition) is 1. The first-order chi connectivity index (χ1) is 7.90. The van der Waals surface area contributed by atoms with E-state index in [0.717, 1.165) is 6.61 Å². The van der Waals surface area contributed by atoms with Crippen molar-refractivity contribution in [2.24, 2.45) is 0 Å². The molecule has 88 valence electrons. The summed E-state index contributed by atoms with van der Waals surface area (Å²) in [5.41, 5.74) is 5.92. The fourth-order valence-electron chi connectivity index (χ4n) is 2.08. The van der Waals surface area contributed by atoms with E-state index in [1.807, 2.05) is 6.92 Å². The van der Waals surface area contributed by atoms with Crippen molar-refractivity contribution in [3.05, 3.63) is 24.3 Å². The van der Waals surface area contributed by atoms with Crippen molar-refractivity contribution in [2.75, 3.05) is 6.61 Å². The Morgan fingerprint density at radius 2 is 1.62 bits per heavy atom. The number of hydroxylamine groups is 1. The predicted octanol–water partition coefficient (Wildman–Crippen LogP) is 3.53. The zero-order valence-corrected chi connectivity index (χ0v) is 10.0. The SMILES string of the molecule is CCONC1CCCCC1.c1cc2ccc1-2. The molecule has 3 aliphatic carbocycles. The number of rotatable bonds is 3. The molecule has 0 heterocycles. The van der Waals surface area contributed by atoms with Crippen LogP contribution < -0.4 is 5.48 Å². The molecule has 0 saturated heterocycles. The Labute approximate surface area is 98.0 Å². The maximum atomic E-state index is 5.12. The zero-order valence-electron chi connectivity index (χ0n) is 10.0. The monoisotopic (exact) mass is 219 g/mol. The van der Waals surface area contributed by atoms with Crippen LogP contribution in [0.3, 0.4) is 0 Å². The van der Waals surface area contributed by atoms with E-state index < -0.39 is 0 Å². The molecule has 0 radical (unpaired) electrons. The van der Waals surface area contributed by atoms with Crippen LogP contribution in [0, 0.1) is 0 Å². The van der Waals surface area contributed by atoms with Crippen LogP contribution in [0.1, 0.15) is 39.0 Å². The van der Waals surface area contributed by atoms with E-state index in [4.69, 9.17) is 4.84 Å². The summed E-state index contributed by atoms with van der Waals surface area (Å²) in [5.74, 6) is 0. The van der Waals surface area contributed by atoms with Crippen LogP contribution in [0.15, 0.2) is 24.3 Å². The highest BCUT2D eigenvalue weighted by atomic mass is 16.6. The lowest BCUT2D eigenvalue weighted by atomic mass is 9.95. The Morgan fingerprint density at radius 3 is 2.00 bits per heavy atom. The summed E-state index contributed by atoms with van der Waals surface area (Å²) in [4.78, 5) is 5.12. The lowest BCUT2D eigenvalue weighted by molar-refractivity contribution is 0.0153. The van der Waals surface area contributed by atoms with Gasteiger partial charge in [-0.2, -0.15) is 5.48 Å². The van der Waals surface area contributed by atoms with Gasteiger partial charge in [-0.15, -0.1) is 0 Å². The zero-order chi connectivity index (χ0) is 11.2. The normalized spacial score (nSPS) is 17.6. The first kappa shape index (κ1) is 11.6. The Morgan fingerprint density at radius 1 is 1.06 bits per heavy atom. The van der Waals surface area contributed by atoms with Gasteiger partial charge in [0.25, 0.3) is 0 Å². The molecule has 0 atom stereocenters. The standard InChI is InChI=1S/C8H17NO.C6H4/c1-2-10-9-8-6-4-3-5-7-8;1-2-6-4-3-5(1)6/h8-9H,2-7H2,1H3;1-4H. The quantitative estimate of drug-likeness (QED) is 0.797. The number of benzene rings is 1. The molecule has 3 aliphatic rings. The van der Waals surface area contributed by atoms with Crippen molar-refractivity contribution < 1.29 is 4.84 Å². The first-order valence-corrected chi connectivity index (χ1v) is 6.38. The first-order valence-electron chi connectivity index (χ1n) is 6.38. The van der Waals surface area contributed by atoms with Gasteiger partial charge in [0, 0.05) is 6.04 Å². The fraction of sp³-hybridized carbons (Fsp3) is 0.571. The molecule has 0 bridgehead atoms. The van der Waals surface area contributed by atoms with Crippen LogP contribution in [0.2, 0.25) is 0 Å². The molecule has 1 saturated carbocycles. The van der Waals surface area contributed by atoms with Crippen molar-refractivity contribution in [3.8, 4) is 11.1 Å². The van der Waals surface area contributed by atoms with Gasteiger partial charge in [-0.25, -0.2) is 0 Å². The second kappa shape index (κ2) is 6.02. The average molecular weight is 219 g/mol. The molecule has 16 heavy (non-hydrogen) atoms. The van der Waals surface area contributed by atoms with Crippen molar-refractivity contribution in [3.63, 3.8) is 0 Å². The van der Waals surface area contributed by atoms with Gasteiger partial charge in [0.05, 0.1) is 6.61 Å². The lowest BCUT2D eigenvalue weighted by Gasteiger charge is -2.21. The van der Waals surface area contributed by atoms with Gasteiger partial charge < -0.3 is 4.84 Å². The molecule has 0 amide bonds. The second-order valence-electron chi connectivity index (χ2n) is 4.46. The van der Waals surface area contributed by atoms with Crippen LogP contribution in [-0.2, 0) is 4.84 Å². The van der Waals surface area contributed by atoms with Crippen LogP contribution in [0.4, 0.5) is 0 Å². The number of fused-ring (bicyclic) bond motifs is 1. The highest BCUT2D eigenvalue weighted by Crippen LogP contribution is 2.29. The van der Waals surface area contributed by atoms with Gasteiger partial charge in [0.15, 0.2) is 0 Å². The molecule has 0 aromatic heterocycles. The summed E-state index contributed by atoms with van der Waals surface area (Å²) in [6.45, 7) is 2.78. The predicted molar refractivity (Wildman–Crippen MR) is 67.1 cm³/mol. The third kappa shape index (κ3) is 3.06. The Balaban J connectivity index is 0.000000134. The smallest absolute Gasteiger partial charge is 0.0654 e. The molecule has 0 aromatic carbocycles. The molecular formula is C14H21NO. The summed E-state index contributed by atoms with van der Waals surface area (Å²) >= 11 is 0. The van der Waals surface area contributed by atoms with E-state index in [1.54, 1.807) is 0 Å². The van der Waals surface area contributed by atoms with Gasteiger partial charge in [-0.3, -0.25) is 0 Å². The van der Waals surface area contributed by atoms with Crippen molar-refractivity contribution in [1.29, 1.82) is 0 Å². The van der Waals surface area contributed by atoms with Crippen LogP contribution in [0.25, 0.3) is 11.1 Å². The third-order valence-corrected chi connectivity index (χ3v) is 3.22. The highest BCUT2D eigenvalue weighted by Gasteiger charge is 2.11. The van der Waals surface area contributed by atoms with Crippen LogP contribution in [-0.4, -0.2) is 12.6 Å². The summed E-state index contributed by atoms with van der Waals surface area (Å²) in [6, 6.07) is 9.11. The molecule has 3 rings (SSSR count). The molecule has 0 spiro atoms. The van der Waals surface area contributed by atoms with E-state index in [-0.39, 0.29) is 0 Å². The number of hydrogen-bond acceptors (Lipinski definition) is 2. The summed E-state index contributed by atoms with van der Waals surface area (Å²) in [6.07, 6.45) is 6.72. The Kier molecular flexibility index (Phi) is 4.37. The summed E-state index contributed by atoms with van der Waals surface area (Å²) in [7, 11) is 0. The molecule has 1 fully saturated rings. The van der Waals surface area contributed by atoms with Crippen molar-refractivity contribution >= 4 is 0 Å². The molecule has 1 N–H and O–H groups in total. The fourth-order valence-corrected chi connectivity index (χ4v) is 2.08. The van der Waals surface area contributed by atoms with Crippen LogP contribution in [0.5, 0.6) is 0 Å². The second-order valence-corrected chi connectivity index (χ2v) is 4.46. The molecule has 0 aliphatic heterocycles. The Hall–Kier alpha value is -0.860. The molecule has 2 heteroatoms. The molecule has 0 unspecified atom stereocenters. The number of nitrogens with one attached hydrogen (secondary N) is 1. The van der Waals surface area contributed by atoms with Gasteiger partial charge in [-0.1, -0.05) is 43.5 Å². The molecular weight excluding hydrogens is 198 g/mol. The van der Waals surface area contributed by atoms with E-state index in [9.17, 15) is 0 Å². The topological polar surface area (TPSA) is 21.3 Å². The van der Waals surface area contributed by atoms with Gasteiger partial charge in [0.1, 0.15) is 0 Å². The van der Waals surface area contributed by atoms with Gasteiger partial charge in [-0.05, 0) is 30.9 Å². The van der Waals surface area contributed by atoms with Gasteiger partial charge >= 0.3 is 0 Å². The van der Waals surface area contributed by atoms with Crippen LogP contribution >= 0.6 is 0 Å². The van der Waals surface area contributed by atoms with E-state index in [2.05, 4.69) is 29.7 Å². The minimum atomic E-state index is 0.633. The molecule has 0 aromatic rings. The van der Waals surface area contributed by atoms with E-state index >= 15 is 0 Å². The highest BCUT2D eigenvalue weighted by molar-refractivity contribution is 5.75. The van der Waals surface area contributed by atoms with Crippen molar-refractivity contribution in [1.82, 2.24) is 5.48 Å². The maximum absolute atomic E-state index is 5.12. The minimum absolute atomic E-state index is 0.633. The maximum Gasteiger partial charge on any atom is 0.0654 e. The molecule has 2 nitrogen and oxygen atoms in total. The van der Waals surface area contributed by atoms with Crippen molar-refractivity contribution in [2.45, 2.75) is 45.1 Å². The lowest BCUT2D eigenvalue weighted by Crippen LogP contribution is -2.30. The summed E-state index contributed by atoms with van der Waals surface area (Å²) < 4.78 is 0. The largest absolute Gasteiger partial charge is 0.302 e.